The summed E-state index contributed by atoms with van der Waals surface area (Å²) in [6.07, 6.45) is 0. The van der Waals surface area contributed by atoms with Gasteiger partial charge in [0.05, 0.1) is 5.69 Å². The highest BCUT2D eigenvalue weighted by molar-refractivity contribution is 7.92. The molecule has 0 radical (unpaired) electrons. The Morgan fingerprint density at radius 2 is 1.76 bits per heavy atom. The number of rotatable bonds is 3. The van der Waals surface area contributed by atoms with Gasteiger partial charge in [0.25, 0.3) is 10.0 Å². The number of hydrogen-bond donors (Lipinski definition) is 2. The second-order valence-electron chi connectivity index (χ2n) is 4.36. The summed E-state index contributed by atoms with van der Waals surface area (Å²) in [7, 11) is -4.44. The van der Waals surface area contributed by atoms with Gasteiger partial charge in [-0.3, -0.25) is 4.72 Å². The van der Waals surface area contributed by atoms with E-state index in [1.54, 1.807) is 4.72 Å². The summed E-state index contributed by atoms with van der Waals surface area (Å²) in [6.45, 7) is 1.34. The second kappa shape index (κ2) is 5.28. The van der Waals surface area contributed by atoms with Crippen LogP contribution in [0.25, 0.3) is 0 Å². The van der Waals surface area contributed by atoms with Crippen LogP contribution in [0, 0.1) is 24.4 Å². The van der Waals surface area contributed by atoms with Gasteiger partial charge in [-0.15, -0.1) is 0 Å². The maximum atomic E-state index is 13.9. The molecule has 0 saturated carbocycles. The van der Waals surface area contributed by atoms with Crippen LogP contribution in [0.4, 0.5) is 24.5 Å². The van der Waals surface area contributed by atoms with Crippen molar-refractivity contribution in [2.24, 2.45) is 0 Å². The van der Waals surface area contributed by atoms with E-state index in [-0.39, 0.29) is 11.3 Å². The van der Waals surface area contributed by atoms with Crippen molar-refractivity contribution in [3.05, 3.63) is 53.3 Å². The fraction of sp³-hybridized carbons (Fsp3) is 0.0769. The first kappa shape index (κ1) is 15.2. The molecular weight excluding hydrogens is 305 g/mol. The summed E-state index contributed by atoms with van der Waals surface area (Å²) in [5, 5.41) is 0. The van der Waals surface area contributed by atoms with Crippen molar-refractivity contribution in [1.82, 2.24) is 0 Å². The van der Waals surface area contributed by atoms with Gasteiger partial charge in [0.2, 0.25) is 0 Å². The van der Waals surface area contributed by atoms with Crippen LogP contribution in [0.1, 0.15) is 5.56 Å². The van der Waals surface area contributed by atoms with E-state index in [0.717, 1.165) is 24.3 Å². The number of nitrogens with two attached hydrogens (primary N) is 1. The molecule has 0 aromatic heterocycles. The molecule has 4 nitrogen and oxygen atoms in total. The average molecular weight is 316 g/mol. The number of sulfonamides is 1. The number of nitrogens with one attached hydrogen (secondary N) is 1. The highest BCUT2D eigenvalue weighted by Crippen LogP contribution is 2.25. The van der Waals surface area contributed by atoms with E-state index in [2.05, 4.69) is 0 Å². The Kier molecular flexibility index (Phi) is 3.82. The zero-order valence-electron chi connectivity index (χ0n) is 10.8. The fourth-order valence-electron chi connectivity index (χ4n) is 1.74. The van der Waals surface area contributed by atoms with Crippen LogP contribution in [-0.4, -0.2) is 8.42 Å². The lowest BCUT2D eigenvalue weighted by Gasteiger charge is -2.11. The molecule has 8 heteroatoms. The zero-order valence-corrected chi connectivity index (χ0v) is 11.6. The molecule has 0 aliphatic heterocycles. The highest BCUT2D eigenvalue weighted by Gasteiger charge is 2.23. The first-order valence-corrected chi connectivity index (χ1v) is 7.23. The number of nitrogen functional groups attached to an aromatic ring is 1. The van der Waals surface area contributed by atoms with Crippen molar-refractivity contribution in [2.75, 3.05) is 10.5 Å². The monoisotopic (exact) mass is 316 g/mol. The summed E-state index contributed by atoms with van der Waals surface area (Å²) in [5.41, 5.74) is 4.92. The third-order valence-electron chi connectivity index (χ3n) is 2.73. The Bertz CT molecular complexity index is 807. The second-order valence-corrected chi connectivity index (χ2v) is 6.01. The van der Waals surface area contributed by atoms with Gasteiger partial charge in [-0.05, 0) is 36.8 Å². The standard InChI is InChI=1S/C13H11F3N2O2S/c1-7-5-8(17)6-11(12(7)15)21(19,20)18-10-4-2-3-9(14)13(10)16/h2-6,18H,17H2,1H3. The minimum Gasteiger partial charge on any atom is -0.399 e. The van der Waals surface area contributed by atoms with Crippen molar-refractivity contribution in [3.8, 4) is 0 Å². The van der Waals surface area contributed by atoms with Crippen LogP contribution < -0.4 is 10.5 Å². The van der Waals surface area contributed by atoms with Crippen molar-refractivity contribution in [3.63, 3.8) is 0 Å². The van der Waals surface area contributed by atoms with Gasteiger partial charge >= 0.3 is 0 Å². The summed E-state index contributed by atoms with van der Waals surface area (Å²) in [4.78, 5) is -0.733. The third kappa shape index (κ3) is 2.94. The Hall–Kier alpha value is -2.22. The predicted molar refractivity (Wildman–Crippen MR) is 72.7 cm³/mol. The molecule has 0 fully saturated rings. The van der Waals surface area contributed by atoms with E-state index in [1.807, 2.05) is 0 Å². The van der Waals surface area contributed by atoms with Crippen molar-refractivity contribution >= 4 is 21.4 Å². The molecular formula is C13H11F3N2O2S. The first-order valence-electron chi connectivity index (χ1n) is 5.75. The van der Waals surface area contributed by atoms with Crippen molar-refractivity contribution < 1.29 is 21.6 Å². The van der Waals surface area contributed by atoms with Crippen LogP contribution in [0.3, 0.4) is 0 Å². The lowest BCUT2D eigenvalue weighted by atomic mass is 10.2. The average Bonchev–Trinajstić information content (AvgIpc) is 2.39. The Labute approximate surface area is 119 Å². The SMILES string of the molecule is Cc1cc(N)cc(S(=O)(=O)Nc2cccc(F)c2F)c1F. The molecule has 112 valence electrons. The third-order valence-corrected chi connectivity index (χ3v) is 4.09. The molecule has 0 saturated heterocycles. The Morgan fingerprint density at radius 1 is 1.10 bits per heavy atom. The molecule has 21 heavy (non-hydrogen) atoms. The number of aryl methyl sites for hydroxylation is 1. The lowest BCUT2D eigenvalue weighted by molar-refractivity contribution is 0.511. The Balaban J connectivity index is 2.51. The van der Waals surface area contributed by atoms with Crippen LogP contribution in [0.15, 0.2) is 35.2 Å². The summed E-state index contributed by atoms with van der Waals surface area (Å²) in [5.74, 6) is -3.60. The molecule has 0 spiro atoms. The molecule has 2 aromatic rings. The summed E-state index contributed by atoms with van der Waals surface area (Å²) in [6, 6.07) is 5.14. The molecule has 0 bridgehead atoms. The normalized spacial score (nSPS) is 11.4. The number of halogens is 3. The van der Waals surface area contributed by atoms with E-state index in [0.29, 0.717) is 0 Å². The summed E-state index contributed by atoms with van der Waals surface area (Å²) >= 11 is 0. The van der Waals surface area contributed by atoms with Crippen molar-refractivity contribution in [1.29, 1.82) is 0 Å². The first-order chi connectivity index (χ1) is 9.72. The van der Waals surface area contributed by atoms with E-state index in [4.69, 9.17) is 5.73 Å². The maximum absolute atomic E-state index is 13.9. The summed E-state index contributed by atoms with van der Waals surface area (Å²) < 4.78 is 66.5. The van der Waals surface area contributed by atoms with Gasteiger partial charge in [-0.1, -0.05) is 6.07 Å². The highest BCUT2D eigenvalue weighted by atomic mass is 32.2. The van der Waals surface area contributed by atoms with Gasteiger partial charge in [-0.2, -0.15) is 0 Å². The van der Waals surface area contributed by atoms with E-state index in [9.17, 15) is 21.6 Å². The van der Waals surface area contributed by atoms with Gasteiger partial charge < -0.3 is 5.73 Å². The van der Waals surface area contributed by atoms with Crippen LogP contribution in [-0.2, 0) is 10.0 Å². The zero-order chi connectivity index (χ0) is 15.8. The number of anilines is 2. The molecule has 0 atom stereocenters. The van der Waals surface area contributed by atoms with E-state index >= 15 is 0 Å². The van der Waals surface area contributed by atoms with E-state index < -0.39 is 38.1 Å². The Morgan fingerprint density at radius 3 is 2.43 bits per heavy atom. The molecule has 3 N–H and O–H groups in total. The molecule has 2 aromatic carbocycles. The topological polar surface area (TPSA) is 72.2 Å². The van der Waals surface area contributed by atoms with Gasteiger partial charge in [-0.25, -0.2) is 21.6 Å². The quantitative estimate of drug-likeness (QED) is 0.855. The van der Waals surface area contributed by atoms with Crippen molar-refractivity contribution in [2.45, 2.75) is 11.8 Å². The smallest absolute Gasteiger partial charge is 0.264 e. The number of benzene rings is 2. The predicted octanol–water partition coefficient (Wildman–Crippen LogP) is 2.80. The minimum atomic E-state index is -4.44. The fourth-order valence-corrected chi connectivity index (χ4v) is 2.99. The molecule has 0 heterocycles. The number of hydrogen-bond acceptors (Lipinski definition) is 3. The van der Waals surface area contributed by atoms with Gasteiger partial charge in [0.15, 0.2) is 11.6 Å². The maximum Gasteiger partial charge on any atom is 0.264 e. The minimum absolute atomic E-state index is 0.0232. The van der Waals surface area contributed by atoms with Gasteiger partial charge in [0.1, 0.15) is 10.7 Å². The molecule has 0 aliphatic rings. The van der Waals surface area contributed by atoms with Gasteiger partial charge in [0, 0.05) is 5.69 Å². The lowest BCUT2D eigenvalue weighted by Crippen LogP contribution is -2.16. The van der Waals surface area contributed by atoms with Crippen LogP contribution in [0.2, 0.25) is 0 Å². The van der Waals surface area contributed by atoms with E-state index in [1.165, 1.54) is 13.0 Å². The largest absolute Gasteiger partial charge is 0.399 e. The molecule has 0 aliphatic carbocycles. The molecule has 0 unspecified atom stereocenters. The van der Waals surface area contributed by atoms with Crippen LogP contribution in [0.5, 0.6) is 0 Å². The molecule has 2 rings (SSSR count). The van der Waals surface area contributed by atoms with Crippen LogP contribution >= 0.6 is 0 Å². The molecule has 0 amide bonds.